The predicted molar refractivity (Wildman–Crippen MR) is 168 cm³/mol. The quantitative estimate of drug-likeness (QED) is 0.224. The third-order valence-corrected chi connectivity index (χ3v) is 9.21. The van der Waals surface area contributed by atoms with E-state index in [1.165, 1.54) is 29.2 Å². The SMILES string of the molecule is CCOc1ccc(N(CC(=O)N(Cc2ccccc2Cl)[C@H](CC)C(=O)N[C@H](C)CC)S(=O)(=O)c2ccc(Cl)cc2)cc1. The summed E-state index contributed by atoms with van der Waals surface area (Å²) < 4.78 is 34.5. The lowest BCUT2D eigenvalue weighted by molar-refractivity contribution is -0.140. The first-order valence-electron chi connectivity index (χ1n) is 13.9. The number of ether oxygens (including phenoxy) is 1. The number of halogens is 2. The second-order valence-electron chi connectivity index (χ2n) is 9.75. The number of nitrogens with zero attached hydrogens (tertiary/aromatic N) is 2. The van der Waals surface area contributed by atoms with Crippen LogP contribution in [-0.4, -0.2) is 50.4 Å². The van der Waals surface area contributed by atoms with Crippen molar-refractivity contribution in [2.24, 2.45) is 0 Å². The molecule has 1 N–H and O–H groups in total. The maximum Gasteiger partial charge on any atom is 0.264 e. The normalized spacial score (nSPS) is 12.7. The highest BCUT2D eigenvalue weighted by molar-refractivity contribution is 7.92. The number of carbonyl (C=O) groups excluding carboxylic acids is 2. The largest absolute Gasteiger partial charge is 0.494 e. The van der Waals surface area contributed by atoms with Crippen LogP contribution in [0.3, 0.4) is 0 Å². The topological polar surface area (TPSA) is 96.0 Å². The molecule has 2 amide bonds. The van der Waals surface area contributed by atoms with Crippen LogP contribution in [0.2, 0.25) is 10.0 Å². The summed E-state index contributed by atoms with van der Waals surface area (Å²) in [6.07, 6.45) is 1.02. The van der Waals surface area contributed by atoms with Crippen molar-refractivity contribution in [3.05, 3.63) is 88.4 Å². The molecule has 3 aromatic carbocycles. The standard InChI is InChI=1S/C31H37Cl2N3O5S/c1-5-22(4)34-31(38)29(6-2)35(20-23-10-8-9-11-28(23)33)30(37)21-36(25-14-16-26(17-15-25)41-7-3)42(39,40)27-18-12-24(32)13-19-27/h8-19,22,29H,5-7,20-21H2,1-4H3,(H,34,38)/t22-,29-/m1/s1. The fourth-order valence-electron chi connectivity index (χ4n) is 4.31. The maximum atomic E-state index is 14.2. The zero-order valence-corrected chi connectivity index (χ0v) is 26.5. The van der Waals surface area contributed by atoms with Gasteiger partial charge in [0.2, 0.25) is 11.8 Å². The molecule has 0 radical (unpaired) electrons. The van der Waals surface area contributed by atoms with Crippen LogP contribution in [0.5, 0.6) is 5.75 Å². The van der Waals surface area contributed by atoms with E-state index in [-0.39, 0.29) is 29.1 Å². The third kappa shape index (κ3) is 8.40. The lowest BCUT2D eigenvalue weighted by atomic mass is 10.1. The van der Waals surface area contributed by atoms with Crippen molar-refractivity contribution in [2.75, 3.05) is 17.5 Å². The molecule has 0 fully saturated rings. The van der Waals surface area contributed by atoms with Crippen LogP contribution in [0.4, 0.5) is 5.69 Å². The summed E-state index contributed by atoms with van der Waals surface area (Å²) in [6, 6.07) is 18.3. The second-order valence-corrected chi connectivity index (χ2v) is 12.5. The maximum absolute atomic E-state index is 14.2. The zero-order chi connectivity index (χ0) is 30.9. The summed E-state index contributed by atoms with van der Waals surface area (Å²) in [4.78, 5) is 28.9. The van der Waals surface area contributed by atoms with Gasteiger partial charge in [0.05, 0.1) is 17.2 Å². The smallest absolute Gasteiger partial charge is 0.264 e. The molecule has 0 unspecified atom stereocenters. The fourth-order valence-corrected chi connectivity index (χ4v) is 6.04. The molecule has 2 atom stereocenters. The van der Waals surface area contributed by atoms with E-state index in [9.17, 15) is 18.0 Å². The molecule has 0 heterocycles. The summed E-state index contributed by atoms with van der Waals surface area (Å²) in [6.45, 7) is 7.39. The van der Waals surface area contributed by atoms with E-state index in [0.717, 1.165) is 4.31 Å². The van der Waals surface area contributed by atoms with Crippen LogP contribution >= 0.6 is 23.2 Å². The van der Waals surface area contributed by atoms with Crippen molar-refractivity contribution in [3.8, 4) is 5.75 Å². The predicted octanol–water partition coefficient (Wildman–Crippen LogP) is 6.31. The van der Waals surface area contributed by atoms with Crippen LogP contribution in [-0.2, 0) is 26.2 Å². The van der Waals surface area contributed by atoms with Gasteiger partial charge in [0.15, 0.2) is 0 Å². The summed E-state index contributed by atoms with van der Waals surface area (Å²) in [5.74, 6) is -0.322. The zero-order valence-electron chi connectivity index (χ0n) is 24.2. The minimum Gasteiger partial charge on any atom is -0.494 e. The molecule has 42 heavy (non-hydrogen) atoms. The Hall–Kier alpha value is -3.27. The van der Waals surface area contributed by atoms with Crippen molar-refractivity contribution in [2.45, 2.75) is 64.1 Å². The summed E-state index contributed by atoms with van der Waals surface area (Å²) in [5, 5.41) is 3.77. The van der Waals surface area contributed by atoms with E-state index < -0.39 is 28.5 Å². The first-order chi connectivity index (χ1) is 20.0. The number of rotatable bonds is 14. The molecule has 0 aliphatic rings. The molecule has 3 rings (SSSR count). The van der Waals surface area contributed by atoms with Gasteiger partial charge in [-0.3, -0.25) is 13.9 Å². The highest BCUT2D eigenvalue weighted by Gasteiger charge is 2.34. The van der Waals surface area contributed by atoms with Gasteiger partial charge in [0, 0.05) is 22.6 Å². The molecular formula is C31H37Cl2N3O5S. The van der Waals surface area contributed by atoms with E-state index in [0.29, 0.717) is 40.8 Å². The van der Waals surface area contributed by atoms with E-state index in [1.54, 1.807) is 48.5 Å². The molecule has 0 aliphatic heterocycles. The first kappa shape index (κ1) is 33.2. The van der Waals surface area contributed by atoms with Gasteiger partial charge in [-0.05, 0) is 86.8 Å². The lowest BCUT2D eigenvalue weighted by Gasteiger charge is -2.34. The number of sulfonamides is 1. The van der Waals surface area contributed by atoms with Gasteiger partial charge in [-0.2, -0.15) is 0 Å². The van der Waals surface area contributed by atoms with Crippen molar-refractivity contribution in [1.82, 2.24) is 10.2 Å². The van der Waals surface area contributed by atoms with Gasteiger partial charge in [-0.15, -0.1) is 0 Å². The monoisotopic (exact) mass is 633 g/mol. The average molecular weight is 635 g/mol. The van der Waals surface area contributed by atoms with Crippen molar-refractivity contribution < 1.29 is 22.7 Å². The van der Waals surface area contributed by atoms with E-state index in [4.69, 9.17) is 27.9 Å². The minimum atomic E-state index is -4.22. The van der Waals surface area contributed by atoms with Gasteiger partial charge in [-0.25, -0.2) is 8.42 Å². The first-order valence-corrected chi connectivity index (χ1v) is 16.1. The molecule has 0 bridgehead atoms. The Morgan fingerprint density at radius 2 is 1.55 bits per heavy atom. The Bertz CT molecular complexity index is 1450. The molecule has 0 aliphatic carbocycles. The number of hydrogen-bond donors (Lipinski definition) is 1. The molecule has 11 heteroatoms. The number of hydrogen-bond acceptors (Lipinski definition) is 5. The Morgan fingerprint density at radius 1 is 0.905 bits per heavy atom. The van der Waals surface area contributed by atoms with E-state index >= 15 is 0 Å². The summed E-state index contributed by atoms with van der Waals surface area (Å²) >= 11 is 12.5. The summed E-state index contributed by atoms with van der Waals surface area (Å²) in [7, 11) is -4.22. The van der Waals surface area contributed by atoms with Gasteiger partial charge in [0.1, 0.15) is 18.3 Å². The van der Waals surface area contributed by atoms with E-state index in [2.05, 4.69) is 5.32 Å². The van der Waals surface area contributed by atoms with Gasteiger partial charge in [-0.1, -0.05) is 55.2 Å². The number of anilines is 1. The molecule has 0 aromatic heterocycles. The van der Waals surface area contributed by atoms with Gasteiger partial charge < -0.3 is 15.0 Å². The van der Waals surface area contributed by atoms with E-state index in [1.807, 2.05) is 27.7 Å². The number of nitrogens with one attached hydrogen (secondary N) is 1. The average Bonchev–Trinajstić information content (AvgIpc) is 2.97. The molecule has 3 aromatic rings. The molecule has 0 saturated carbocycles. The van der Waals surface area contributed by atoms with Crippen LogP contribution in [0.25, 0.3) is 0 Å². The van der Waals surface area contributed by atoms with Crippen LogP contribution in [0, 0.1) is 0 Å². The Balaban J connectivity index is 2.07. The van der Waals surface area contributed by atoms with Crippen LogP contribution < -0.4 is 14.4 Å². The highest BCUT2D eigenvalue weighted by Crippen LogP contribution is 2.28. The molecule has 0 spiro atoms. The number of amides is 2. The summed E-state index contributed by atoms with van der Waals surface area (Å²) in [5.41, 5.74) is 0.895. The van der Waals surface area contributed by atoms with Crippen molar-refractivity contribution in [3.63, 3.8) is 0 Å². The lowest BCUT2D eigenvalue weighted by Crippen LogP contribution is -2.53. The van der Waals surface area contributed by atoms with Crippen molar-refractivity contribution in [1.29, 1.82) is 0 Å². The highest BCUT2D eigenvalue weighted by atomic mass is 35.5. The van der Waals surface area contributed by atoms with Crippen molar-refractivity contribution >= 4 is 50.7 Å². The third-order valence-electron chi connectivity index (χ3n) is 6.80. The molecule has 226 valence electrons. The van der Waals surface area contributed by atoms with Crippen LogP contribution in [0.1, 0.15) is 46.1 Å². The van der Waals surface area contributed by atoms with Gasteiger partial charge in [0.25, 0.3) is 10.0 Å². The second kappa shape index (κ2) is 15.3. The fraction of sp³-hybridized carbons (Fsp3) is 0.355. The van der Waals surface area contributed by atoms with Gasteiger partial charge >= 0.3 is 0 Å². The minimum absolute atomic E-state index is 0.0169. The molecule has 8 nitrogen and oxygen atoms in total. The Labute approximate surface area is 258 Å². The number of benzene rings is 3. The van der Waals surface area contributed by atoms with Crippen LogP contribution in [0.15, 0.2) is 77.7 Å². The number of carbonyl (C=O) groups is 2. The molecular weight excluding hydrogens is 597 g/mol. The Morgan fingerprint density at radius 3 is 2.12 bits per heavy atom. The Kier molecular flexibility index (Phi) is 12.1. The molecule has 0 saturated heterocycles.